The number of phenols is 2. The Morgan fingerprint density at radius 1 is 0.833 bits per heavy atom. The minimum absolute atomic E-state index is 0.162. The summed E-state index contributed by atoms with van der Waals surface area (Å²) in [7, 11) is 0. The monoisotopic (exact) mass is 237 g/mol. The van der Waals surface area contributed by atoms with Crippen LogP contribution in [0.2, 0.25) is 0 Å². The maximum Gasteiger partial charge on any atom is 0.141 e. The summed E-state index contributed by atoms with van der Waals surface area (Å²) >= 11 is 0. The summed E-state index contributed by atoms with van der Waals surface area (Å²) in [5, 5.41) is 20.1. The quantitative estimate of drug-likeness (QED) is 0.682. The van der Waals surface area contributed by atoms with Gasteiger partial charge in [-0.25, -0.2) is 4.98 Å². The second kappa shape index (κ2) is 4.04. The van der Waals surface area contributed by atoms with Crippen molar-refractivity contribution in [1.29, 1.82) is 0 Å². The molecule has 0 amide bonds. The van der Waals surface area contributed by atoms with Crippen molar-refractivity contribution in [2.45, 2.75) is 0 Å². The number of aromatic nitrogens is 1. The lowest BCUT2D eigenvalue weighted by molar-refractivity contribution is 0.475. The van der Waals surface area contributed by atoms with Crippen LogP contribution in [-0.2, 0) is 0 Å². The predicted molar refractivity (Wildman–Crippen MR) is 70.5 cm³/mol. The van der Waals surface area contributed by atoms with Crippen LogP contribution in [0.4, 0.5) is 0 Å². The average molecular weight is 237 g/mol. The first-order chi connectivity index (χ1) is 8.74. The second-order valence-corrected chi connectivity index (χ2v) is 4.10. The third-order valence-corrected chi connectivity index (χ3v) is 2.84. The molecule has 0 aliphatic heterocycles. The van der Waals surface area contributed by atoms with Crippen LogP contribution in [0.3, 0.4) is 0 Å². The van der Waals surface area contributed by atoms with Crippen LogP contribution in [0.5, 0.6) is 11.5 Å². The lowest BCUT2D eigenvalue weighted by Gasteiger charge is -2.05. The first kappa shape index (κ1) is 10.6. The summed E-state index contributed by atoms with van der Waals surface area (Å²) in [6.45, 7) is 0. The number of nitrogens with zero attached hydrogens (tertiary/aromatic N) is 1. The molecule has 2 aromatic carbocycles. The van der Waals surface area contributed by atoms with Gasteiger partial charge in [0.1, 0.15) is 17.0 Å². The van der Waals surface area contributed by atoms with Gasteiger partial charge in [0.2, 0.25) is 0 Å². The molecule has 0 atom stereocenters. The van der Waals surface area contributed by atoms with Crippen LogP contribution in [-0.4, -0.2) is 15.2 Å². The highest BCUT2D eigenvalue weighted by Gasteiger charge is 2.05. The summed E-state index contributed by atoms with van der Waals surface area (Å²) in [5.41, 5.74) is 2.11. The van der Waals surface area contributed by atoms with Crippen LogP contribution in [0, 0.1) is 0 Å². The van der Waals surface area contributed by atoms with Gasteiger partial charge in [0.05, 0.1) is 5.69 Å². The maximum absolute atomic E-state index is 9.79. The molecule has 3 aromatic rings. The molecule has 1 heterocycles. The largest absolute Gasteiger partial charge is 0.508 e. The van der Waals surface area contributed by atoms with E-state index in [9.17, 15) is 10.2 Å². The second-order valence-electron chi connectivity index (χ2n) is 4.10. The molecule has 3 rings (SSSR count). The van der Waals surface area contributed by atoms with Crippen molar-refractivity contribution in [1.82, 2.24) is 4.98 Å². The molecule has 1 aromatic heterocycles. The van der Waals surface area contributed by atoms with Gasteiger partial charge in [-0.15, -0.1) is 0 Å². The third kappa shape index (κ3) is 1.76. The van der Waals surface area contributed by atoms with Crippen molar-refractivity contribution < 1.29 is 10.2 Å². The standard InChI is InChI=1S/C15H11NO2/c17-12-5-1-4-11(9-12)13-8-7-10-3-2-6-14(18)15(10)16-13/h1-9,17-18H. The van der Waals surface area contributed by atoms with Crippen LogP contribution in [0.15, 0.2) is 54.6 Å². The van der Waals surface area contributed by atoms with Gasteiger partial charge in [-0.05, 0) is 24.3 Å². The zero-order valence-corrected chi connectivity index (χ0v) is 9.54. The Balaban J connectivity index is 2.22. The van der Waals surface area contributed by atoms with Crippen molar-refractivity contribution in [3.05, 3.63) is 54.6 Å². The van der Waals surface area contributed by atoms with E-state index < -0.39 is 0 Å². The fraction of sp³-hybridized carbons (Fsp3) is 0. The Labute approximate surface area is 104 Å². The summed E-state index contributed by atoms with van der Waals surface area (Å²) in [4.78, 5) is 4.42. The molecule has 0 radical (unpaired) electrons. The molecular weight excluding hydrogens is 226 g/mol. The molecule has 0 aliphatic rings. The van der Waals surface area contributed by atoms with Crippen LogP contribution in [0.1, 0.15) is 0 Å². The van der Waals surface area contributed by atoms with Gasteiger partial charge in [0.15, 0.2) is 0 Å². The molecular formula is C15H11NO2. The molecule has 0 spiro atoms. The number of aromatic hydroxyl groups is 2. The van der Waals surface area contributed by atoms with Crippen LogP contribution >= 0.6 is 0 Å². The van der Waals surface area contributed by atoms with Gasteiger partial charge in [0, 0.05) is 10.9 Å². The van der Waals surface area contributed by atoms with E-state index in [1.165, 1.54) is 0 Å². The molecule has 88 valence electrons. The van der Waals surface area contributed by atoms with Gasteiger partial charge in [-0.1, -0.05) is 30.3 Å². The van der Waals surface area contributed by atoms with E-state index >= 15 is 0 Å². The molecule has 0 aliphatic carbocycles. The Morgan fingerprint density at radius 2 is 1.67 bits per heavy atom. The van der Waals surface area contributed by atoms with E-state index in [1.54, 1.807) is 30.3 Å². The normalized spacial score (nSPS) is 10.7. The Bertz CT molecular complexity index is 723. The number of hydrogen-bond acceptors (Lipinski definition) is 3. The molecule has 2 N–H and O–H groups in total. The zero-order valence-electron chi connectivity index (χ0n) is 9.54. The molecule has 0 bridgehead atoms. The SMILES string of the molecule is Oc1cccc(-c2ccc3cccc(O)c3n2)c1. The van der Waals surface area contributed by atoms with E-state index in [1.807, 2.05) is 24.3 Å². The third-order valence-electron chi connectivity index (χ3n) is 2.84. The van der Waals surface area contributed by atoms with Crippen LogP contribution in [0.25, 0.3) is 22.2 Å². The number of fused-ring (bicyclic) bond motifs is 1. The molecule has 0 fully saturated rings. The summed E-state index contributed by atoms with van der Waals surface area (Å²) in [5.74, 6) is 0.362. The van der Waals surface area contributed by atoms with Crippen molar-refractivity contribution >= 4 is 10.9 Å². The van der Waals surface area contributed by atoms with E-state index in [0.29, 0.717) is 5.52 Å². The topological polar surface area (TPSA) is 53.4 Å². The minimum Gasteiger partial charge on any atom is -0.508 e. The first-order valence-electron chi connectivity index (χ1n) is 5.62. The highest BCUT2D eigenvalue weighted by atomic mass is 16.3. The highest BCUT2D eigenvalue weighted by molar-refractivity contribution is 5.86. The number of hydrogen-bond donors (Lipinski definition) is 2. The zero-order chi connectivity index (χ0) is 12.5. The van der Waals surface area contributed by atoms with Gasteiger partial charge < -0.3 is 10.2 Å². The number of para-hydroxylation sites is 1. The number of phenolic OH excluding ortho intramolecular Hbond substituents is 2. The fourth-order valence-electron chi connectivity index (χ4n) is 1.96. The lowest BCUT2D eigenvalue weighted by atomic mass is 10.1. The van der Waals surface area contributed by atoms with Crippen molar-refractivity contribution in [3.8, 4) is 22.8 Å². The Morgan fingerprint density at radius 3 is 2.50 bits per heavy atom. The number of benzene rings is 2. The molecule has 0 saturated carbocycles. The summed E-state index contributed by atoms with van der Waals surface area (Å²) in [6.07, 6.45) is 0. The van der Waals surface area contributed by atoms with Gasteiger partial charge in [-0.2, -0.15) is 0 Å². The lowest BCUT2D eigenvalue weighted by Crippen LogP contribution is -1.85. The van der Waals surface area contributed by atoms with Crippen molar-refractivity contribution in [2.75, 3.05) is 0 Å². The minimum atomic E-state index is 0.162. The first-order valence-corrected chi connectivity index (χ1v) is 5.62. The predicted octanol–water partition coefficient (Wildman–Crippen LogP) is 3.31. The van der Waals surface area contributed by atoms with Crippen molar-refractivity contribution in [2.24, 2.45) is 0 Å². The van der Waals surface area contributed by atoms with Gasteiger partial charge in [0.25, 0.3) is 0 Å². The molecule has 0 unspecified atom stereocenters. The maximum atomic E-state index is 9.79. The van der Waals surface area contributed by atoms with E-state index in [-0.39, 0.29) is 11.5 Å². The van der Waals surface area contributed by atoms with E-state index in [2.05, 4.69) is 4.98 Å². The van der Waals surface area contributed by atoms with Crippen molar-refractivity contribution in [3.63, 3.8) is 0 Å². The number of rotatable bonds is 1. The Hall–Kier alpha value is -2.55. The van der Waals surface area contributed by atoms with Crippen LogP contribution < -0.4 is 0 Å². The fourth-order valence-corrected chi connectivity index (χ4v) is 1.96. The van der Waals surface area contributed by atoms with E-state index in [4.69, 9.17) is 0 Å². The summed E-state index contributed by atoms with van der Waals surface area (Å²) in [6, 6.07) is 16.0. The van der Waals surface area contributed by atoms with Gasteiger partial charge >= 0.3 is 0 Å². The molecule has 18 heavy (non-hydrogen) atoms. The van der Waals surface area contributed by atoms with E-state index in [0.717, 1.165) is 16.6 Å². The number of pyridine rings is 1. The smallest absolute Gasteiger partial charge is 0.141 e. The Kier molecular flexibility index (Phi) is 2.38. The van der Waals surface area contributed by atoms with Gasteiger partial charge in [-0.3, -0.25) is 0 Å². The molecule has 3 nitrogen and oxygen atoms in total. The molecule has 0 saturated heterocycles. The highest BCUT2D eigenvalue weighted by Crippen LogP contribution is 2.27. The average Bonchev–Trinajstić information content (AvgIpc) is 2.39. The summed E-state index contributed by atoms with van der Waals surface area (Å²) < 4.78 is 0. The molecule has 3 heteroatoms.